The number of carbonyl (C=O) groups is 2. The molecule has 1 rings (SSSR count). The molecule has 1 unspecified atom stereocenters. The van der Waals surface area contributed by atoms with Crippen LogP contribution in [0.2, 0.25) is 0 Å². The van der Waals surface area contributed by atoms with E-state index in [-0.39, 0.29) is 17.4 Å². The highest BCUT2D eigenvalue weighted by Crippen LogP contribution is 2.43. The number of hydrogen-bond donors (Lipinski definition) is 1. The molecule has 0 aromatic carbocycles. The van der Waals surface area contributed by atoms with Gasteiger partial charge in [-0.1, -0.05) is 26.8 Å². The Kier molecular flexibility index (Phi) is 4.82. The van der Waals surface area contributed by atoms with Crippen molar-refractivity contribution in [1.29, 1.82) is 0 Å². The minimum absolute atomic E-state index is 0.155. The lowest BCUT2D eigenvalue weighted by Gasteiger charge is -2.39. The number of aldehydes is 2. The molecule has 18 heavy (non-hydrogen) atoms. The van der Waals surface area contributed by atoms with E-state index >= 15 is 0 Å². The van der Waals surface area contributed by atoms with Crippen molar-refractivity contribution in [2.75, 3.05) is 13.1 Å². The summed E-state index contributed by atoms with van der Waals surface area (Å²) >= 11 is 0. The summed E-state index contributed by atoms with van der Waals surface area (Å²) in [5.74, 6) is 0. The van der Waals surface area contributed by atoms with E-state index < -0.39 is 0 Å². The van der Waals surface area contributed by atoms with E-state index in [1.165, 1.54) is 0 Å². The minimum atomic E-state index is -0.157. The fourth-order valence-electron chi connectivity index (χ4n) is 2.78. The molecule has 0 aromatic rings. The molecule has 0 aromatic heterocycles. The zero-order valence-electron chi connectivity index (χ0n) is 11.4. The van der Waals surface area contributed by atoms with Crippen molar-refractivity contribution in [2.45, 2.75) is 33.6 Å². The maximum absolute atomic E-state index is 10.4. The highest BCUT2D eigenvalue weighted by Gasteiger charge is 2.35. The Morgan fingerprint density at radius 1 is 1.33 bits per heavy atom. The van der Waals surface area contributed by atoms with Gasteiger partial charge in [0, 0.05) is 17.3 Å². The van der Waals surface area contributed by atoms with Gasteiger partial charge in [0.1, 0.15) is 12.6 Å². The monoisotopic (exact) mass is 250 g/mol. The molecule has 0 spiro atoms. The summed E-state index contributed by atoms with van der Waals surface area (Å²) in [7, 11) is 0. The first-order valence-corrected chi connectivity index (χ1v) is 6.25. The Morgan fingerprint density at radius 3 is 2.67 bits per heavy atom. The normalized spacial score (nSPS) is 26.7. The Hall–Kier alpha value is -1.45. The lowest BCUT2D eigenvalue weighted by Crippen LogP contribution is -2.34. The van der Waals surface area contributed by atoms with Gasteiger partial charge in [0.2, 0.25) is 0 Å². The van der Waals surface area contributed by atoms with Gasteiger partial charge < -0.3 is 14.9 Å². The predicted octanol–water partition coefficient (Wildman–Crippen LogP) is 1.75. The quantitative estimate of drug-likeness (QED) is 0.577. The fraction of sp³-hybridized carbons (Fsp3) is 0.643. The van der Waals surface area contributed by atoms with Crippen LogP contribution in [0.4, 0.5) is 0 Å². The van der Waals surface area contributed by atoms with E-state index in [2.05, 4.69) is 37.2 Å². The van der Waals surface area contributed by atoms with Crippen LogP contribution in [0.1, 0.15) is 33.6 Å². The van der Waals surface area contributed by atoms with Crippen LogP contribution < -0.4 is 5.32 Å². The zero-order valence-corrected chi connectivity index (χ0v) is 11.4. The molecular weight excluding hydrogens is 228 g/mol. The van der Waals surface area contributed by atoms with Gasteiger partial charge in [-0.25, -0.2) is 0 Å². The topological polar surface area (TPSA) is 58.5 Å². The molecule has 0 fully saturated rings. The Bertz CT molecular complexity index is 372. The lowest BCUT2D eigenvalue weighted by molar-refractivity contribution is -0.107. The van der Waals surface area contributed by atoms with Gasteiger partial charge >= 0.3 is 0 Å². The molecule has 0 radical (unpaired) electrons. The highest BCUT2D eigenvalue weighted by molar-refractivity contribution is 5.71. The molecule has 1 atom stereocenters. The smallest absolute Gasteiger partial charge is 0.141 e. The van der Waals surface area contributed by atoms with Crippen LogP contribution in [0.3, 0.4) is 0 Å². The van der Waals surface area contributed by atoms with Crippen LogP contribution in [0.15, 0.2) is 16.8 Å². The van der Waals surface area contributed by atoms with Gasteiger partial charge in [-0.3, -0.25) is 4.99 Å². The third kappa shape index (κ3) is 4.43. The first-order chi connectivity index (χ1) is 8.41. The molecule has 0 heterocycles. The van der Waals surface area contributed by atoms with Gasteiger partial charge in [-0.15, -0.1) is 0 Å². The van der Waals surface area contributed by atoms with Crippen molar-refractivity contribution < 1.29 is 9.59 Å². The summed E-state index contributed by atoms with van der Waals surface area (Å²) in [5, 5.41) is 3.13. The summed E-state index contributed by atoms with van der Waals surface area (Å²) < 4.78 is 0. The molecule has 0 aliphatic heterocycles. The molecule has 1 N–H and O–H groups in total. The van der Waals surface area contributed by atoms with E-state index in [1.54, 1.807) is 0 Å². The third-order valence-electron chi connectivity index (χ3n) is 3.01. The number of hydrogen-bond acceptors (Lipinski definition) is 4. The number of allylic oxidation sites excluding steroid dienone is 2. The SMILES string of the molecule is CC1(C=NCC=O)C=C(NCC=O)CC(C)(C)C1. The first kappa shape index (κ1) is 14.6. The zero-order chi connectivity index (χ0) is 13.6. The van der Waals surface area contributed by atoms with E-state index in [0.29, 0.717) is 6.54 Å². The predicted molar refractivity (Wildman–Crippen MR) is 72.7 cm³/mol. The summed E-state index contributed by atoms with van der Waals surface area (Å²) in [6, 6.07) is 0. The summed E-state index contributed by atoms with van der Waals surface area (Å²) in [6.45, 7) is 7.05. The number of aliphatic imine (C=N–C) groups is 1. The molecule has 0 saturated carbocycles. The summed E-state index contributed by atoms with van der Waals surface area (Å²) in [5.41, 5.74) is 1.08. The van der Waals surface area contributed by atoms with Gasteiger partial charge in [0.25, 0.3) is 0 Å². The summed E-state index contributed by atoms with van der Waals surface area (Å²) in [4.78, 5) is 24.9. The molecule has 0 bridgehead atoms. The van der Waals surface area contributed by atoms with Crippen molar-refractivity contribution in [3.63, 3.8) is 0 Å². The second-order valence-electron chi connectivity index (χ2n) is 5.90. The number of rotatable bonds is 6. The second kappa shape index (κ2) is 5.94. The average molecular weight is 250 g/mol. The second-order valence-corrected chi connectivity index (χ2v) is 5.90. The van der Waals surface area contributed by atoms with Crippen LogP contribution in [0.5, 0.6) is 0 Å². The molecule has 4 nitrogen and oxygen atoms in total. The molecular formula is C14H22N2O2. The fourth-order valence-corrected chi connectivity index (χ4v) is 2.78. The van der Waals surface area contributed by atoms with Crippen molar-refractivity contribution in [2.24, 2.45) is 15.8 Å². The van der Waals surface area contributed by atoms with Crippen LogP contribution in [-0.4, -0.2) is 31.9 Å². The molecule has 1 aliphatic carbocycles. The van der Waals surface area contributed by atoms with Crippen LogP contribution in [-0.2, 0) is 9.59 Å². The van der Waals surface area contributed by atoms with Crippen LogP contribution in [0, 0.1) is 10.8 Å². The van der Waals surface area contributed by atoms with Crippen molar-refractivity contribution in [3.05, 3.63) is 11.8 Å². The van der Waals surface area contributed by atoms with Gasteiger partial charge in [-0.05, 0) is 18.3 Å². The number of nitrogens with zero attached hydrogens (tertiary/aromatic N) is 1. The lowest BCUT2D eigenvalue weighted by atomic mass is 9.67. The van der Waals surface area contributed by atoms with Gasteiger partial charge in [0.05, 0.1) is 13.1 Å². The minimum Gasteiger partial charge on any atom is -0.382 e. The van der Waals surface area contributed by atoms with Crippen molar-refractivity contribution >= 4 is 18.8 Å². The first-order valence-electron chi connectivity index (χ1n) is 6.25. The maximum atomic E-state index is 10.4. The third-order valence-corrected chi connectivity index (χ3v) is 3.01. The molecule has 0 amide bonds. The van der Waals surface area contributed by atoms with Crippen LogP contribution in [0.25, 0.3) is 0 Å². The van der Waals surface area contributed by atoms with E-state index in [4.69, 9.17) is 0 Å². The Labute approximate surface area is 109 Å². The molecule has 100 valence electrons. The average Bonchev–Trinajstić information content (AvgIpc) is 2.24. The standard InChI is InChI=1S/C14H22N2O2/c1-13(2)8-12(16-5-7-18)9-14(3,10-13)11-15-4-6-17/h6-7,9,11,16H,4-5,8,10H2,1-3H3. The van der Waals surface area contributed by atoms with E-state index in [0.717, 1.165) is 31.1 Å². The van der Waals surface area contributed by atoms with Gasteiger partial charge in [0.15, 0.2) is 0 Å². The maximum Gasteiger partial charge on any atom is 0.141 e. The van der Waals surface area contributed by atoms with Crippen LogP contribution >= 0.6 is 0 Å². The van der Waals surface area contributed by atoms with E-state index in [9.17, 15) is 9.59 Å². The molecule has 4 heteroatoms. The Morgan fingerprint density at radius 2 is 2.06 bits per heavy atom. The Balaban J connectivity index is 2.87. The highest BCUT2D eigenvalue weighted by atomic mass is 16.1. The number of carbonyl (C=O) groups excluding carboxylic acids is 2. The van der Waals surface area contributed by atoms with Crippen molar-refractivity contribution in [1.82, 2.24) is 5.32 Å². The van der Waals surface area contributed by atoms with E-state index in [1.807, 2.05) is 6.21 Å². The van der Waals surface area contributed by atoms with Crippen molar-refractivity contribution in [3.8, 4) is 0 Å². The largest absolute Gasteiger partial charge is 0.382 e. The molecule has 1 aliphatic rings. The molecule has 0 saturated heterocycles. The van der Waals surface area contributed by atoms with Gasteiger partial charge in [-0.2, -0.15) is 0 Å². The summed E-state index contributed by atoms with van der Waals surface area (Å²) in [6.07, 6.45) is 7.54. The number of nitrogens with one attached hydrogen (secondary N) is 1.